The van der Waals surface area contributed by atoms with Crippen molar-refractivity contribution in [2.24, 2.45) is 0 Å². The second-order valence-electron chi connectivity index (χ2n) is 4.13. The molecule has 0 saturated heterocycles. The summed E-state index contributed by atoms with van der Waals surface area (Å²) >= 11 is -6.04. The number of rotatable bonds is 5. The van der Waals surface area contributed by atoms with Crippen molar-refractivity contribution in [3.05, 3.63) is 29.8 Å². The fraction of sp³-hybridized carbons (Fsp3) is 0.400. The van der Waals surface area contributed by atoms with E-state index in [2.05, 4.69) is 2.51 Å². The molecule has 0 amide bonds. The molecule has 23 heavy (non-hydrogen) atoms. The molecule has 0 aromatic heterocycles. The summed E-state index contributed by atoms with van der Waals surface area (Å²) in [6.45, 7) is 1.54. The van der Waals surface area contributed by atoms with E-state index in [0.717, 1.165) is 12.1 Å². The molecule has 1 N–H and O–H groups in total. The molecule has 0 aliphatic carbocycles. The minimum absolute atomic E-state index is 0.553. The molecule has 13 heteroatoms. The van der Waals surface area contributed by atoms with Crippen LogP contribution in [0.15, 0.2) is 29.2 Å². The van der Waals surface area contributed by atoms with Crippen LogP contribution in [0.3, 0.4) is 0 Å². The van der Waals surface area contributed by atoms with E-state index in [4.69, 9.17) is 3.44 Å². The van der Waals surface area contributed by atoms with Gasteiger partial charge in [0.2, 0.25) is 0 Å². The topological polar surface area (TPSA) is 63.6 Å². The summed E-state index contributed by atoms with van der Waals surface area (Å²) < 4.78 is 117. The first-order valence-corrected chi connectivity index (χ1v) is 9.69. The maximum absolute atomic E-state index is 13.2. The third-order valence-electron chi connectivity index (χ3n) is 2.37. The normalized spacial score (nSPS) is 14.7. The molecule has 1 rings (SSSR count). The summed E-state index contributed by atoms with van der Waals surface area (Å²) in [6, 6.07) is 4.12. The van der Waals surface area contributed by atoms with Crippen LogP contribution in [0.5, 0.6) is 0 Å². The van der Waals surface area contributed by atoms with Gasteiger partial charge >= 0.3 is 134 Å². The summed E-state index contributed by atoms with van der Waals surface area (Å²) in [5, 5.41) is 0. The number of hydrogen-bond donors (Lipinski definition) is 1. The van der Waals surface area contributed by atoms with Crippen molar-refractivity contribution in [1.29, 1.82) is 0 Å². The number of benzene rings is 1. The molecule has 0 spiro atoms. The molecule has 0 aliphatic rings. The number of halogens is 8. The molecule has 0 bridgehead atoms. The molecular weight excluding hydrogens is 476 g/mol. The van der Waals surface area contributed by atoms with Gasteiger partial charge in [0.15, 0.2) is 0 Å². The van der Waals surface area contributed by atoms with Crippen LogP contribution in [-0.4, -0.2) is 27.9 Å². The van der Waals surface area contributed by atoms with Gasteiger partial charge in [0, 0.05) is 0 Å². The van der Waals surface area contributed by atoms with Crippen molar-refractivity contribution < 1.29 is 45.1 Å². The van der Waals surface area contributed by atoms with Crippen molar-refractivity contribution >= 4 is 30.8 Å². The molecule has 134 valence electrons. The summed E-state index contributed by atoms with van der Waals surface area (Å²) in [5.41, 5.74) is 0.553. The third kappa shape index (κ3) is 4.06. The summed E-state index contributed by atoms with van der Waals surface area (Å²) in [5.74, 6) is -6.64. The predicted molar refractivity (Wildman–Crippen MR) is 71.6 cm³/mol. The first-order valence-electron chi connectivity index (χ1n) is 5.36. The Morgan fingerprint density at radius 2 is 1.43 bits per heavy atom. The molecule has 0 heterocycles. The van der Waals surface area contributed by atoms with Gasteiger partial charge in [-0.2, -0.15) is 0 Å². The van der Waals surface area contributed by atoms with E-state index >= 15 is 0 Å². The quantitative estimate of drug-likeness (QED) is 0.393. The number of aryl methyl sites for hydroxylation is 1. The Labute approximate surface area is 133 Å². The first-order chi connectivity index (χ1) is 10.1. The second-order valence-corrected chi connectivity index (χ2v) is 9.39. The Hall–Kier alpha value is -0.670. The van der Waals surface area contributed by atoms with Crippen LogP contribution in [0.4, 0.5) is 30.7 Å². The Morgan fingerprint density at radius 3 is 1.83 bits per heavy atom. The van der Waals surface area contributed by atoms with Crippen molar-refractivity contribution in [2.75, 3.05) is 0 Å². The first kappa shape index (κ1) is 20.4. The van der Waals surface area contributed by atoms with Gasteiger partial charge in [0.1, 0.15) is 0 Å². The zero-order valence-corrected chi connectivity index (χ0v) is 13.9. The molecule has 0 saturated carbocycles. The molecule has 0 unspecified atom stereocenters. The summed E-state index contributed by atoms with van der Waals surface area (Å²) in [6.07, 6.45) is -6.69. The van der Waals surface area contributed by atoms with Crippen LogP contribution >= 0.6 is 20.6 Å². The monoisotopic (exact) mass is 484 g/mol. The Balaban J connectivity index is 3.10. The number of alkyl halides is 8. The second kappa shape index (κ2) is 6.33. The molecule has 1 aromatic rings. The van der Waals surface area contributed by atoms with Crippen LogP contribution in [0, 0.1) is 6.92 Å². The van der Waals surface area contributed by atoms with E-state index < -0.39 is 51.7 Å². The van der Waals surface area contributed by atoms with Crippen LogP contribution in [0.25, 0.3) is 0 Å². The van der Waals surface area contributed by atoms with Crippen molar-refractivity contribution in [3.63, 3.8) is 0 Å². The Morgan fingerprint density at radius 1 is 1.00 bits per heavy atom. The average molecular weight is 484 g/mol. The van der Waals surface area contributed by atoms with Crippen molar-refractivity contribution in [2.45, 2.75) is 27.8 Å². The Bertz CT molecular complexity index is 657. The molecule has 0 aliphatic heterocycles. The van der Waals surface area contributed by atoms with Gasteiger partial charge in [-0.1, -0.05) is 0 Å². The summed E-state index contributed by atoms with van der Waals surface area (Å²) in [4.78, 5) is -0.773. The maximum atomic E-state index is 13.2. The van der Waals surface area contributed by atoms with E-state index in [9.17, 15) is 39.2 Å². The molecule has 0 radical (unpaired) electrons. The van der Waals surface area contributed by atoms with Crippen molar-refractivity contribution in [1.82, 2.24) is 0 Å². The molecule has 1 aromatic carbocycles. The SMILES string of the molecule is Cc1ccc(S(=O)(=O)OI(O)C(F)(F)C(F)(F)C(F)(F)F)cc1. The molecule has 4 nitrogen and oxygen atoms in total. The molecule has 0 atom stereocenters. The fourth-order valence-corrected chi connectivity index (χ4v) is 5.43. The summed E-state index contributed by atoms with van der Waals surface area (Å²) in [7, 11) is -5.13. The van der Waals surface area contributed by atoms with Gasteiger partial charge in [-0.15, -0.1) is 0 Å². The van der Waals surface area contributed by atoms with Crippen molar-refractivity contribution in [3.8, 4) is 0 Å². The average Bonchev–Trinajstić information content (AvgIpc) is 2.37. The zero-order chi connectivity index (χ0) is 18.3. The fourth-order valence-electron chi connectivity index (χ4n) is 1.12. The predicted octanol–water partition coefficient (Wildman–Crippen LogP) is 3.82. The van der Waals surface area contributed by atoms with Gasteiger partial charge in [-0.3, -0.25) is 0 Å². The van der Waals surface area contributed by atoms with Crippen LogP contribution in [0.1, 0.15) is 5.56 Å². The standard InChI is InChI=1S/C10H8F7IO4S/c1-6-2-4-7(5-3-6)23(20,21)22-18(19)10(16,17)8(11,12)9(13,14)15/h2-5,19H,1H3. The van der Waals surface area contributed by atoms with Gasteiger partial charge in [0.25, 0.3) is 0 Å². The number of hydrogen-bond acceptors (Lipinski definition) is 4. The van der Waals surface area contributed by atoms with E-state index in [0.29, 0.717) is 5.56 Å². The van der Waals surface area contributed by atoms with Gasteiger partial charge in [-0.05, 0) is 0 Å². The van der Waals surface area contributed by atoms with Crippen LogP contribution in [-0.2, 0) is 12.6 Å². The van der Waals surface area contributed by atoms with Crippen LogP contribution < -0.4 is 0 Å². The van der Waals surface area contributed by atoms with E-state index in [1.807, 2.05) is 0 Å². The Kier molecular flexibility index (Phi) is 5.60. The van der Waals surface area contributed by atoms with Crippen LogP contribution in [0.2, 0.25) is 0 Å². The van der Waals surface area contributed by atoms with Gasteiger partial charge in [-0.25, -0.2) is 0 Å². The minimum atomic E-state index is -6.69. The van der Waals surface area contributed by atoms with E-state index in [1.165, 1.54) is 12.1 Å². The zero-order valence-electron chi connectivity index (χ0n) is 10.9. The van der Waals surface area contributed by atoms with E-state index in [-0.39, 0.29) is 0 Å². The molecule has 0 fully saturated rings. The van der Waals surface area contributed by atoms with E-state index in [1.54, 1.807) is 6.92 Å². The van der Waals surface area contributed by atoms with Gasteiger partial charge < -0.3 is 0 Å². The van der Waals surface area contributed by atoms with Gasteiger partial charge in [0.05, 0.1) is 0 Å². The molecular formula is C10H8F7IO4S. The third-order valence-corrected chi connectivity index (χ3v) is 7.78.